The summed E-state index contributed by atoms with van der Waals surface area (Å²) in [7, 11) is 6.16. The minimum Gasteiger partial charge on any atom is -0.496 e. The smallest absolute Gasteiger partial charge is 0.305 e. The van der Waals surface area contributed by atoms with E-state index in [1.807, 2.05) is 0 Å². The quantitative estimate of drug-likeness (QED) is 0.710. The van der Waals surface area contributed by atoms with Gasteiger partial charge in [0.2, 0.25) is 0 Å². The molecule has 0 atom stereocenters. The number of esters is 1. The number of hydrogen-bond acceptors (Lipinski definition) is 5. The van der Waals surface area contributed by atoms with Crippen LogP contribution in [0.3, 0.4) is 0 Å². The molecule has 0 aliphatic rings. The number of carbonyl (C=O) groups excluding carboxylic acids is 1. The normalized spacial score (nSPS) is 9.89. The van der Waals surface area contributed by atoms with Gasteiger partial charge in [0.1, 0.15) is 17.2 Å². The Bertz CT molecular complexity index is 403. The zero-order chi connectivity index (χ0) is 14.3. The van der Waals surface area contributed by atoms with Crippen molar-refractivity contribution in [2.45, 2.75) is 19.3 Å². The zero-order valence-corrected chi connectivity index (χ0v) is 11.8. The van der Waals surface area contributed by atoms with Gasteiger partial charge in [-0.3, -0.25) is 4.79 Å². The van der Waals surface area contributed by atoms with Gasteiger partial charge in [-0.15, -0.1) is 0 Å². The van der Waals surface area contributed by atoms with Gasteiger partial charge < -0.3 is 18.9 Å². The van der Waals surface area contributed by atoms with Crippen LogP contribution in [0, 0.1) is 0 Å². The molecule has 0 unspecified atom stereocenters. The van der Waals surface area contributed by atoms with Gasteiger partial charge in [0.15, 0.2) is 0 Å². The first kappa shape index (κ1) is 15.1. The zero-order valence-electron chi connectivity index (χ0n) is 11.8. The lowest BCUT2D eigenvalue weighted by molar-refractivity contribution is -0.140. The second kappa shape index (κ2) is 7.51. The van der Waals surface area contributed by atoms with Crippen molar-refractivity contribution in [1.29, 1.82) is 0 Å². The third kappa shape index (κ3) is 4.05. The van der Waals surface area contributed by atoms with E-state index in [1.165, 1.54) is 7.11 Å². The molecule has 0 fully saturated rings. The predicted molar refractivity (Wildman–Crippen MR) is 71.1 cm³/mol. The summed E-state index contributed by atoms with van der Waals surface area (Å²) < 4.78 is 20.5. The molecule has 0 bridgehead atoms. The van der Waals surface area contributed by atoms with Gasteiger partial charge in [0.05, 0.1) is 28.4 Å². The highest BCUT2D eigenvalue weighted by Crippen LogP contribution is 2.35. The van der Waals surface area contributed by atoms with Crippen molar-refractivity contribution in [2.75, 3.05) is 28.4 Å². The van der Waals surface area contributed by atoms with E-state index in [2.05, 4.69) is 4.74 Å². The molecule has 19 heavy (non-hydrogen) atoms. The van der Waals surface area contributed by atoms with Crippen LogP contribution < -0.4 is 14.2 Å². The average molecular weight is 268 g/mol. The predicted octanol–water partition coefficient (Wildman–Crippen LogP) is 2.21. The Morgan fingerprint density at radius 1 is 1.00 bits per heavy atom. The second-order valence-electron chi connectivity index (χ2n) is 3.94. The van der Waals surface area contributed by atoms with Crippen LogP contribution in [0.1, 0.15) is 18.4 Å². The third-order valence-corrected chi connectivity index (χ3v) is 2.85. The van der Waals surface area contributed by atoms with Crippen LogP contribution in [0.15, 0.2) is 12.1 Å². The lowest BCUT2D eigenvalue weighted by atomic mass is 10.1. The largest absolute Gasteiger partial charge is 0.496 e. The SMILES string of the molecule is COC(=O)CCCc1c(OC)cc(OC)cc1OC. The summed E-state index contributed by atoms with van der Waals surface area (Å²) in [5, 5.41) is 0. The fraction of sp³-hybridized carbons (Fsp3) is 0.500. The molecule has 0 amide bonds. The van der Waals surface area contributed by atoms with Crippen molar-refractivity contribution in [2.24, 2.45) is 0 Å². The Morgan fingerprint density at radius 2 is 1.58 bits per heavy atom. The molecule has 0 saturated carbocycles. The monoisotopic (exact) mass is 268 g/mol. The van der Waals surface area contributed by atoms with Crippen LogP contribution in [0.5, 0.6) is 17.2 Å². The number of carbonyl (C=O) groups is 1. The molecule has 106 valence electrons. The molecule has 0 radical (unpaired) electrons. The molecular weight excluding hydrogens is 248 g/mol. The van der Waals surface area contributed by atoms with Crippen LogP contribution in [0.2, 0.25) is 0 Å². The Kier molecular flexibility index (Phi) is 5.99. The van der Waals surface area contributed by atoms with Crippen molar-refractivity contribution < 1.29 is 23.7 Å². The van der Waals surface area contributed by atoms with Gasteiger partial charge in [-0.2, -0.15) is 0 Å². The molecule has 5 nitrogen and oxygen atoms in total. The van der Waals surface area contributed by atoms with Crippen LogP contribution in [-0.4, -0.2) is 34.4 Å². The summed E-state index contributed by atoms with van der Waals surface area (Å²) in [6.07, 6.45) is 1.71. The van der Waals surface area contributed by atoms with Crippen LogP contribution in [0.25, 0.3) is 0 Å². The Balaban J connectivity index is 2.88. The highest BCUT2D eigenvalue weighted by Gasteiger charge is 2.13. The maximum atomic E-state index is 11.1. The van der Waals surface area contributed by atoms with Crippen LogP contribution in [-0.2, 0) is 16.0 Å². The number of hydrogen-bond donors (Lipinski definition) is 0. The summed E-state index contributed by atoms with van der Waals surface area (Å²) >= 11 is 0. The lowest BCUT2D eigenvalue weighted by Gasteiger charge is -2.14. The van der Waals surface area contributed by atoms with E-state index in [1.54, 1.807) is 33.5 Å². The molecule has 0 saturated heterocycles. The van der Waals surface area contributed by atoms with Crippen molar-refractivity contribution in [3.8, 4) is 17.2 Å². The number of methoxy groups -OCH3 is 4. The van der Waals surface area contributed by atoms with E-state index in [9.17, 15) is 4.79 Å². The first-order valence-electron chi connectivity index (χ1n) is 6.02. The topological polar surface area (TPSA) is 54.0 Å². The van der Waals surface area contributed by atoms with E-state index in [4.69, 9.17) is 14.2 Å². The molecular formula is C14H20O5. The highest BCUT2D eigenvalue weighted by molar-refractivity contribution is 5.69. The molecule has 1 rings (SSSR count). The Morgan fingerprint density at radius 3 is 2.00 bits per heavy atom. The minimum absolute atomic E-state index is 0.216. The third-order valence-electron chi connectivity index (χ3n) is 2.85. The van der Waals surface area contributed by atoms with Crippen molar-refractivity contribution >= 4 is 5.97 Å². The summed E-state index contributed by atoms with van der Waals surface area (Å²) in [5.41, 5.74) is 0.926. The maximum absolute atomic E-state index is 11.1. The molecule has 0 aliphatic carbocycles. The molecule has 0 aliphatic heterocycles. The average Bonchev–Trinajstić information content (AvgIpc) is 2.46. The fourth-order valence-corrected chi connectivity index (χ4v) is 1.84. The van der Waals surface area contributed by atoms with Crippen LogP contribution >= 0.6 is 0 Å². The first-order valence-corrected chi connectivity index (χ1v) is 6.02. The molecule has 0 heterocycles. The van der Waals surface area contributed by atoms with Gasteiger partial charge in [-0.1, -0.05) is 0 Å². The van der Waals surface area contributed by atoms with E-state index < -0.39 is 0 Å². The van der Waals surface area contributed by atoms with Crippen molar-refractivity contribution in [3.63, 3.8) is 0 Å². The maximum Gasteiger partial charge on any atom is 0.305 e. The summed E-state index contributed by atoms with van der Waals surface area (Å²) in [6, 6.07) is 3.60. The van der Waals surface area contributed by atoms with Gasteiger partial charge in [0, 0.05) is 24.1 Å². The summed E-state index contributed by atoms with van der Waals surface area (Å²) in [4.78, 5) is 11.1. The van der Waals surface area contributed by atoms with E-state index in [0.717, 1.165) is 5.56 Å². The van der Waals surface area contributed by atoms with Gasteiger partial charge in [-0.25, -0.2) is 0 Å². The lowest BCUT2D eigenvalue weighted by Crippen LogP contribution is -2.03. The van der Waals surface area contributed by atoms with Crippen molar-refractivity contribution in [3.05, 3.63) is 17.7 Å². The van der Waals surface area contributed by atoms with E-state index in [-0.39, 0.29) is 5.97 Å². The molecule has 1 aromatic rings. The Hall–Kier alpha value is -1.91. The molecule has 0 aromatic heterocycles. The minimum atomic E-state index is -0.216. The fourth-order valence-electron chi connectivity index (χ4n) is 1.84. The van der Waals surface area contributed by atoms with Gasteiger partial charge >= 0.3 is 5.97 Å². The summed E-state index contributed by atoms with van der Waals surface area (Å²) in [5.74, 6) is 1.85. The summed E-state index contributed by atoms with van der Waals surface area (Å²) in [6.45, 7) is 0. The first-order chi connectivity index (χ1) is 9.15. The molecule has 0 N–H and O–H groups in total. The second-order valence-corrected chi connectivity index (χ2v) is 3.94. The van der Waals surface area contributed by atoms with Crippen molar-refractivity contribution in [1.82, 2.24) is 0 Å². The molecule has 0 spiro atoms. The van der Waals surface area contributed by atoms with Gasteiger partial charge in [-0.05, 0) is 12.8 Å². The van der Waals surface area contributed by atoms with E-state index in [0.29, 0.717) is 36.5 Å². The highest BCUT2D eigenvalue weighted by atomic mass is 16.5. The van der Waals surface area contributed by atoms with Crippen LogP contribution in [0.4, 0.5) is 0 Å². The van der Waals surface area contributed by atoms with E-state index >= 15 is 0 Å². The number of benzene rings is 1. The standard InChI is InChI=1S/C14H20O5/c1-16-10-8-12(17-2)11(13(9-10)18-3)6-5-7-14(15)19-4/h8-9H,5-7H2,1-4H3. The number of ether oxygens (including phenoxy) is 4. The number of rotatable bonds is 7. The Labute approximate surface area is 113 Å². The van der Waals surface area contributed by atoms with Gasteiger partial charge in [0.25, 0.3) is 0 Å². The molecule has 1 aromatic carbocycles. The molecule has 5 heteroatoms.